The lowest BCUT2D eigenvalue weighted by Gasteiger charge is -2.44. The molecule has 2 atom stereocenters. The van der Waals surface area contributed by atoms with Gasteiger partial charge in [0.25, 0.3) is 0 Å². The minimum atomic E-state index is 0.409. The van der Waals surface area contributed by atoms with Crippen molar-refractivity contribution in [2.24, 2.45) is 0 Å². The van der Waals surface area contributed by atoms with Crippen LogP contribution in [0.5, 0.6) is 0 Å². The largest absolute Gasteiger partial charge is 0.374 e. The summed E-state index contributed by atoms with van der Waals surface area (Å²) >= 11 is 0. The van der Waals surface area contributed by atoms with E-state index in [1.807, 2.05) is 0 Å². The number of nitrogens with zero attached hydrogens (tertiary/aromatic N) is 2. The Kier molecular flexibility index (Phi) is 4.76. The fourth-order valence-corrected chi connectivity index (χ4v) is 3.62. The summed E-state index contributed by atoms with van der Waals surface area (Å²) in [6, 6.07) is 4.96. The Morgan fingerprint density at radius 1 is 1.33 bits per heavy atom. The second kappa shape index (κ2) is 6.75. The second-order valence-electron chi connectivity index (χ2n) is 6.21. The van der Waals surface area contributed by atoms with Gasteiger partial charge < -0.3 is 15.0 Å². The van der Waals surface area contributed by atoms with Crippen molar-refractivity contribution in [3.05, 3.63) is 23.4 Å². The Hall–Kier alpha value is -1.13. The molecule has 1 saturated heterocycles. The van der Waals surface area contributed by atoms with Crippen molar-refractivity contribution in [1.29, 1.82) is 0 Å². The molecule has 1 N–H and O–H groups in total. The molecule has 1 aliphatic heterocycles. The van der Waals surface area contributed by atoms with E-state index >= 15 is 0 Å². The van der Waals surface area contributed by atoms with E-state index < -0.39 is 0 Å². The highest BCUT2D eigenvalue weighted by Gasteiger charge is 2.34. The monoisotopic (exact) mass is 289 g/mol. The van der Waals surface area contributed by atoms with Gasteiger partial charge in [0.1, 0.15) is 5.82 Å². The van der Waals surface area contributed by atoms with E-state index in [2.05, 4.69) is 36.2 Å². The fourth-order valence-electron chi connectivity index (χ4n) is 3.62. The highest BCUT2D eigenvalue weighted by Crippen LogP contribution is 2.31. The van der Waals surface area contributed by atoms with Gasteiger partial charge in [-0.15, -0.1) is 0 Å². The minimum absolute atomic E-state index is 0.409. The molecule has 1 aromatic heterocycles. The number of nitrogens with one attached hydrogen (secondary N) is 1. The van der Waals surface area contributed by atoms with Crippen LogP contribution < -0.4 is 10.2 Å². The van der Waals surface area contributed by atoms with Gasteiger partial charge in [0, 0.05) is 18.8 Å². The maximum absolute atomic E-state index is 5.98. The summed E-state index contributed by atoms with van der Waals surface area (Å²) in [6.07, 6.45) is 5.48. The van der Waals surface area contributed by atoms with Crippen molar-refractivity contribution < 1.29 is 4.74 Å². The van der Waals surface area contributed by atoms with Crippen LogP contribution in [0.15, 0.2) is 12.1 Å². The third-order valence-corrected chi connectivity index (χ3v) is 4.61. The molecule has 2 aliphatic rings. The first kappa shape index (κ1) is 14.8. The molecule has 116 valence electrons. The van der Waals surface area contributed by atoms with Crippen LogP contribution in [0, 0.1) is 6.92 Å². The van der Waals surface area contributed by atoms with Crippen LogP contribution in [0.2, 0.25) is 0 Å². The molecule has 2 unspecified atom stereocenters. The molecule has 21 heavy (non-hydrogen) atoms. The molecular weight excluding hydrogens is 262 g/mol. The molecule has 2 heterocycles. The van der Waals surface area contributed by atoms with Gasteiger partial charge >= 0.3 is 0 Å². The number of aryl methyl sites for hydroxylation is 1. The normalized spacial score (nSPS) is 25.7. The zero-order chi connectivity index (χ0) is 14.7. The number of anilines is 1. The van der Waals surface area contributed by atoms with Gasteiger partial charge in [-0.3, -0.25) is 0 Å². The van der Waals surface area contributed by atoms with Crippen LogP contribution in [-0.4, -0.2) is 36.8 Å². The zero-order valence-electron chi connectivity index (χ0n) is 13.3. The molecule has 3 rings (SSSR count). The Bertz CT molecular complexity index is 475. The molecule has 0 bridgehead atoms. The summed E-state index contributed by atoms with van der Waals surface area (Å²) in [7, 11) is 0. The number of hydrogen-bond donors (Lipinski definition) is 1. The van der Waals surface area contributed by atoms with Gasteiger partial charge in [0.05, 0.1) is 18.8 Å². The van der Waals surface area contributed by atoms with E-state index in [1.54, 1.807) is 0 Å². The summed E-state index contributed by atoms with van der Waals surface area (Å²) in [5.74, 6) is 1.14. The maximum Gasteiger partial charge on any atom is 0.129 e. The van der Waals surface area contributed by atoms with Crippen molar-refractivity contribution in [3.63, 3.8) is 0 Å². The summed E-state index contributed by atoms with van der Waals surface area (Å²) < 4.78 is 5.98. The summed E-state index contributed by atoms with van der Waals surface area (Å²) in [6.45, 7) is 7.96. The number of fused-ring (bicyclic) bond motifs is 1. The van der Waals surface area contributed by atoms with Crippen LogP contribution in [-0.2, 0) is 11.3 Å². The first-order valence-electron chi connectivity index (χ1n) is 8.34. The molecule has 4 nitrogen and oxygen atoms in total. The van der Waals surface area contributed by atoms with Gasteiger partial charge in [0.15, 0.2) is 0 Å². The lowest BCUT2D eigenvalue weighted by Crippen LogP contribution is -2.53. The van der Waals surface area contributed by atoms with Gasteiger partial charge in [-0.2, -0.15) is 0 Å². The summed E-state index contributed by atoms with van der Waals surface area (Å²) in [5.41, 5.74) is 2.44. The topological polar surface area (TPSA) is 37.4 Å². The number of rotatable bonds is 4. The van der Waals surface area contributed by atoms with Gasteiger partial charge in [-0.25, -0.2) is 4.98 Å². The predicted molar refractivity (Wildman–Crippen MR) is 85.7 cm³/mol. The molecular formula is C17H27N3O. The maximum atomic E-state index is 5.98. The van der Waals surface area contributed by atoms with Gasteiger partial charge in [0.2, 0.25) is 0 Å². The van der Waals surface area contributed by atoms with Gasteiger partial charge in [-0.05, 0) is 44.0 Å². The Morgan fingerprint density at radius 3 is 3.05 bits per heavy atom. The van der Waals surface area contributed by atoms with E-state index in [9.17, 15) is 0 Å². The Labute approximate surface area is 127 Å². The number of ether oxygens (including phenoxy) is 1. The number of aromatic nitrogens is 1. The molecule has 1 aromatic rings. The predicted octanol–water partition coefficient (Wildman–Crippen LogP) is 2.65. The molecule has 0 spiro atoms. The highest BCUT2D eigenvalue weighted by molar-refractivity contribution is 5.44. The van der Waals surface area contributed by atoms with Crippen LogP contribution in [0.3, 0.4) is 0 Å². The lowest BCUT2D eigenvalue weighted by molar-refractivity contribution is -0.00900. The quantitative estimate of drug-likeness (QED) is 0.924. The second-order valence-corrected chi connectivity index (χ2v) is 6.21. The van der Waals surface area contributed by atoms with Crippen molar-refractivity contribution in [3.8, 4) is 0 Å². The van der Waals surface area contributed by atoms with Gasteiger partial charge in [-0.1, -0.05) is 19.8 Å². The molecule has 0 radical (unpaired) electrons. The molecule has 0 amide bonds. The van der Waals surface area contributed by atoms with Crippen LogP contribution in [0.25, 0.3) is 0 Å². The van der Waals surface area contributed by atoms with E-state index in [0.717, 1.165) is 37.8 Å². The van der Waals surface area contributed by atoms with E-state index in [4.69, 9.17) is 9.72 Å². The number of morpholine rings is 1. The van der Waals surface area contributed by atoms with Crippen LogP contribution in [0.1, 0.15) is 43.9 Å². The van der Waals surface area contributed by atoms with E-state index in [1.165, 1.54) is 31.2 Å². The third kappa shape index (κ3) is 3.38. The van der Waals surface area contributed by atoms with Crippen molar-refractivity contribution in [2.45, 2.75) is 58.2 Å². The molecule has 4 heteroatoms. The zero-order valence-corrected chi connectivity index (χ0v) is 13.3. The summed E-state index contributed by atoms with van der Waals surface area (Å²) in [5, 5.41) is 3.41. The molecule has 1 saturated carbocycles. The third-order valence-electron chi connectivity index (χ3n) is 4.61. The van der Waals surface area contributed by atoms with Crippen molar-refractivity contribution in [2.75, 3.05) is 24.6 Å². The summed E-state index contributed by atoms with van der Waals surface area (Å²) in [4.78, 5) is 7.30. The van der Waals surface area contributed by atoms with Crippen molar-refractivity contribution in [1.82, 2.24) is 10.3 Å². The first-order valence-corrected chi connectivity index (χ1v) is 8.34. The van der Waals surface area contributed by atoms with Crippen LogP contribution >= 0.6 is 0 Å². The van der Waals surface area contributed by atoms with E-state index in [0.29, 0.717) is 12.1 Å². The molecule has 2 fully saturated rings. The number of hydrogen-bond acceptors (Lipinski definition) is 4. The number of pyridine rings is 1. The standard InChI is InChI=1S/C17H27N3O/c1-3-18-12-14-10-13(2)19-17(11-14)20-8-9-21-16-7-5-4-6-15(16)20/h10-11,15-16,18H,3-9,12H2,1-2H3. The van der Waals surface area contributed by atoms with Crippen LogP contribution in [0.4, 0.5) is 5.82 Å². The van der Waals surface area contributed by atoms with Crippen molar-refractivity contribution >= 4 is 5.82 Å². The molecule has 0 aromatic carbocycles. The average Bonchev–Trinajstić information content (AvgIpc) is 2.52. The fraction of sp³-hybridized carbons (Fsp3) is 0.706. The molecule has 1 aliphatic carbocycles. The highest BCUT2D eigenvalue weighted by atomic mass is 16.5. The lowest BCUT2D eigenvalue weighted by atomic mass is 9.90. The SMILES string of the molecule is CCNCc1cc(C)nc(N2CCOC3CCCCC32)c1. The first-order chi connectivity index (χ1) is 10.3. The minimum Gasteiger partial charge on any atom is -0.374 e. The van der Waals surface area contributed by atoms with E-state index in [-0.39, 0.29) is 0 Å². The average molecular weight is 289 g/mol. The Balaban J connectivity index is 1.82. The Morgan fingerprint density at radius 2 is 2.19 bits per heavy atom. The smallest absolute Gasteiger partial charge is 0.129 e.